The van der Waals surface area contributed by atoms with Gasteiger partial charge < -0.3 is 9.84 Å². The molecule has 2 N–H and O–H groups in total. The number of ether oxygens (including phenoxy) is 1. The van der Waals surface area contributed by atoms with Crippen molar-refractivity contribution in [1.29, 1.82) is 0 Å². The molecule has 1 atom stereocenters. The number of carboxylic acid groups (broad SMARTS) is 1. The molecule has 140 valence electrons. The number of halogens is 1. The van der Waals surface area contributed by atoms with Gasteiger partial charge in [-0.3, -0.25) is 14.8 Å². The fourth-order valence-corrected chi connectivity index (χ4v) is 3.19. The van der Waals surface area contributed by atoms with Crippen molar-refractivity contribution < 1.29 is 14.6 Å². The van der Waals surface area contributed by atoms with Crippen LogP contribution in [-0.2, 0) is 24.8 Å². The first-order valence-corrected chi connectivity index (χ1v) is 9.26. The number of benzene rings is 2. The minimum atomic E-state index is -0.900. The van der Waals surface area contributed by atoms with Crippen LogP contribution in [0.5, 0.6) is 11.5 Å². The molecule has 0 aliphatic rings. The van der Waals surface area contributed by atoms with Gasteiger partial charge in [-0.15, -0.1) is 0 Å². The Hall–Kier alpha value is -2.64. The topological polar surface area (TPSA) is 76.4 Å². The number of para-hydroxylation sites is 1. The molecule has 3 aromatic rings. The summed E-state index contributed by atoms with van der Waals surface area (Å²) in [5.74, 6) is 0.517. The van der Waals surface area contributed by atoms with E-state index in [0.29, 0.717) is 18.7 Å². The average molecular weight is 430 g/mol. The molecular formula is C20H20BrN3O3. The summed E-state index contributed by atoms with van der Waals surface area (Å²) in [6.45, 7) is 0.397. The summed E-state index contributed by atoms with van der Waals surface area (Å²) in [6.07, 6.45) is 2.04. The highest BCUT2D eigenvalue weighted by atomic mass is 79.9. The molecule has 2 aromatic carbocycles. The quantitative estimate of drug-likeness (QED) is 0.569. The number of aliphatic carboxylic acids is 1. The molecule has 1 unspecified atom stereocenters. The summed E-state index contributed by atoms with van der Waals surface area (Å²) >= 11 is 3.42. The lowest BCUT2D eigenvalue weighted by atomic mass is 10.1. The Balaban J connectivity index is 1.67. The van der Waals surface area contributed by atoms with E-state index in [-0.39, 0.29) is 0 Å². The van der Waals surface area contributed by atoms with Crippen molar-refractivity contribution in [2.24, 2.45) is 7.05 Å². The van der Waals surface area contributed by atoms with Gasteiger partial charge >= 0.3 is 5.97 Å². The molecule has 0 aliphatic heterocycles. The van der Waals surface area contributed by atoms with E-state index >= 15 is 0 Å². The number of aryl methyl sites for hydroxylation is 1. The third-order valence-corrected chi connectivity index (χ3v) is 4.80. The lowest BCUT2D eigenvalue weighted by Crippen LogP contribution is -2.38. The number of aromatic nitrogens is 2. The van der Waals surface area contributed by atoms with E-state index < -0.39 is 12.0 Å². The van der Waals surface area contributed by atoms with Crippen LogP contribution in [0.25, 0.3) is 0 Å². The molecule has 0 radical (unpaired) electrons. The van der Waals surface area contributed by atoms with Crippen molar-refractivity contribution in [1.82, 2.24) is 15.1 Å². The Morgan fingerprint density at radius 1 is 1.22 bits per heavy atom. The number of nitrogens with one attached hydrogen (secondary N) is 1. The highest BCUT2D eigenvalue weighted by Gasteiger charge is 2.19. The van der Waals surface area contributed by atoms with Crippen molar-refractivity contribution >= 4 is 21.9 Å². The Morgan fingerprint density at radius 2 is 1.96 bits per heavy atom. The van der Waals surface area contributed by atoms with Gasteiger partial charge in [0.2, 0.25) is 0 Å². The highest BCUT2D eigenvalue weighted by molar-refractivity contribution is 9.10. The van der Waals surface area contributed by atoms with E-state index in [1.54, 1.807) is 10.9 Å². The zero-order valence-corrected chi connectivity index (χ0v) is 16.4. The average Bonchev–Trinajstić information content (AvgIpc) is 2.97. The number of rotatable bonds is 8. The van der Waals surface area contributed by atoms with Crippen molar-refractivity contribution in [3.05, 3.63) is 76.5 Å². The fourth-order valence-electron chi connectivity index (χ4n) is 2.70. The third kappa shape index (κ3) is 5.18. The minimum Gasteiger partial charge on any atom is -0.480 e. The first kappa shape index (κ1) is 19.1. The van der Waals surface area contributed by atoms with Crippen LogP contribution in [0, 0.1) is 0 Å². The van der Waals surface area contributed by atoms with Gasteiger partial charge in [0.15, 0.2) is 0 Å². The normalized spacial score (nSPS) is 11.9. The Bertz CT molecular complexity index is 892. The SMILES string of the molecule is Cn1ncc(Br)c1CNC(Cc1cccc(Oc2ccccc2)c1)C(=O)O. The number of carbonyl (C=O) groups is 1. The molecule has 6 nitrogen and oxygen atoms in total. The van der Waals surface area contributed by atoms with Crippen molar-refractivity contribution in [3.8, 4) is 11.5 Å². The van der Waals surface area contributed by atoms with Gasteiger partial charge in [-0.05, 0) is 52.2 Å². The number of carboxylic acids is 1. The summed E-state index contributed by atoms with van der Waals surface area (Å²) in [5.41, 5.74) is 1.77. The molecule has 0 saturated carbocycles. The van der Waals surface area contributed by atoms with Crippen LogP contribution in [0.3, 0.4) is 0 Å². The molecule has 0 saturated heterocycles. The van der Waals surface area contributed by atoms with E-state index in [1.807, 2.05) is 61.6 Å². The first-order chi connectivity index (χ1) is 13.0. The molecule has 1 heterocycles. The van der Waals surface area contributed by atoms with Crippen LogP contribution < -0.4 is 10.1 Å². The molecule has 1 aromatic heterocycles. The number of hydrogen-bond acceptors (Lipinski definition) is 4. The van der Waals surface area contributed by atoms with Gasteiger partial charge in [-0.2, -0.15) is 5.10 Å². The van der Waals surface area contributed by atoms with E-state index in [1.165, 1.54) is 0 Å². The van der Waals surface area contributed by atoms with E-state index in [2.05, 4.69) is 26.3 Å². The Labute approximate surface area is 165 Å². The van der Waals surface area contributed by atoms with E-state index in [0.717, 1.165) is 21.5 Å². The second-order valence-electron chi connectivity index (χ2n) is 6.10. The Morgan fingerprint density at radius 3 is 2.63 bits per heavy atom. The first-order valence-electron chi connectivity index (χ1n) is 8.47. The summed E-state index contributed by atoms with van der Waals surface area (Å²) in [5, 5.41) is 16.8. The molecule has 0 spiro atoms. The minimum absolute atomic E-state index is 0.344. The third-order valence-electron chi connectivity index (χ3n) is 4.14. The predicted octanol–water partition coefficient (Wildman–Crippen LogP) is 3.76. The molecule has 0 aliphatic carbocycles. The monoisotopic (exact) mass is 429 g/mol. The van der Waals surface area contributed by atoms with Crippen LogP contribution in [0.4, 0.5) is 0 Å². The van der Waals surface area contributed by atoms with Crippen LogP contribution in [0.2, 0.25) is 0 Å². The van der Waals surface area contributed by atoms with Crippen LogP contribution >= 0.6 is 15.9 Å². The zero-order valence-electron chi connectivity index (χ0n) is 14.8. The molecule has 3 rings (SSSR count). The van der Waals surface area contributed by atoms with Crippen molar-refractivity contribution in [2.45, 2.75) is 19.0 Å². The Kier molecular flexibility index (Phi) is 6.26. The second kappa shape index (κ2) is 8.83. The van der Waals surface area contributed by atoms with Gasteiger partial charge in [0.1, 0.15) is 17.5 Å². The maximum absolute atomic E-state index is 11.7. The molecular weight excluding hydrogens is 410 g/mol. The van der Waals surface area contributed by atoms with Gasteiger partial charge in [-0.25, -0.2) is 0 Å². The summed E-state index contributed by atoms with van der Waals surface area (Å²) in [6, 6.07) is 16.2. The molecule has 0 amide bonds. The van der Waals surface area contributed by atoms with Crippen LogP contribution in [0.15, 0.2) is 65.3 Å². The molecule has 7 heteroatoms. The van der Waals surface area contributed by atoms with Crippen molar-refractivity contribution in [2.75, 3.05) is 0 Å². The molecule has 27 heavy (non-hydrogen) atoms. The zero-order chi connectivity index (χ0) is 19.2. The summed E-state index contributed by atoms with van der Waals surface area (Å²) in [4.78, 5) is 11.7. The summed E-state index contributed by atoms with van der Waals surface area (Å²) in [7, 11) is 1.82. The van der Waals surface area contributed by atoms with Crippen molar-refractivity contribution in [3.63, 3.8) is 0 Å². The van der Waals surface area contributed by atoms with Gasteiger partial charge in [0.05, 0.1) is 16.4 Å². The molecule has 0 bridgehead atoms. The summed E-state index contributed by atoms with van der Waals surface area (Å²) < 4.78 is 8.39. The smallest absolute Gasteiger partial charge is 0.321 e. The van der Waals surface area contributed by atoms with Gasteiger partial charge in [0.25, 0.3) is 0 Å². The maximum Gasteiger partial charge on any atom is 0.321 e. The molecule has 0 fully saturated rings. The number of nitrogens with zero attached hydrogens (tertiary/aromatic N) is 2. The largest absolute Gasteiger partial charge is 0.480 e. The van der Waals surface area contributed by atoms with E-state index in [9.17, 15) is 9.90 Å². The van der Waals surface area contributed by atoms with E-state index in [4.69, 9.17) is 4.74 Å². The highest BCUT2D eigenvalue weighted by Crippen LogP contribution is 2.22. The maximum atomic E-state index is 11.7. The fraction of sp³-hybridized carbons (Fsp3) is 0.200. The van der Waals surface area contributed by atoms with Crippen LogP contribution in [0.1, 0.15) is 11.3 Å². The lowest BCUT2D eigenvalue weighted by molar-refractivity contribution is -0.139. The predicted molar refractivity (Wildman–Crippen MR) is 106 cm³/mol. The standard InChI is InChI=1S/C20H20BrN3O3/c1-24-19(17(21)12-23-24)13-22-18(20(25)26)11-14-6-5-9-16(10-14)27-15-7-3-2-4-8-15/h2-10,12,18,22H,11,13H2,1H3,(H,25,26). The lowest BCUT2D eigenvalue weighted by Gasteiger charge is -2.15. The number of hydrogen-bond donors (Lipinski definition) is 2. The van der Waals surface area contributed by atoms with Crippen LogP contribution in [-0.4, -0.2) is 26.9 Å². The van der Waals surface area contributed by atoms with Gasteiger partial charge in [0, 0.05) is 13.6 Å². The second-order valence-corrected chi connectivity index (χ2v) is 6.96. The van der Waals surface area contributed by atoms with Gasteiger partial charge in [-0.1, -0.05) is 30.3 Å².